The number of benzene rings is 1. The summed E-state index contributed by atoms with van der Waals surface area (Å²) in [5.74, 6) is 2.01. The Morgan fingerprint density at radius 2 is 2.25 bits per heavy atom. The Hall–Kier alpha value is -1.75. The van der Waals surface area contributed by atoms with Gasteiger partial charge in [0.2, 0.25) is 0 Å². The highest BCUT2D eigenvalue weighted by molar-refractivity contribution is 6.30. The highest BCUT2D eigenvalue weighted by Gasteiger charge is 2.32. The molecule has 1 atom stereocenters. The van der Waals surface area contributed by atoms with Crippen molar-refractivity contribution < 1.29 is 4.74 Å². The smallest absolute Gasteiger partial charge is 0.169 e. The van der Waals surface area contributed by atoms with Gasteiger partial charge in [0.05, 0.1) is 12.2 Å². The topological polar surface area (TPSA) is 66.0 Å². The van der Waals surface area contributed by atoms with Crippen LogP contribution in [-0.2, 0) is 13.0 Å². The van der Waals surface area contributed by atoms with Crippen LogP contribution in [0.1, 0.15) is 30.0 Å². The van der Waals surface area contributed by atoms with E-state index in [2.05, 4.69) is 10.3 Å². The van der Waals surface area contributed by atoms with Crippen LogP contribution < -0.4 is 10.5 Å². The molecule has 6 heteroatoms. The average Bonchev–Trinajstić information content (AvgIpc) is 3.07. The number of hydrogen-bond acceptors (Lipinski definition) is 4. The standard InChI is InChI=1S/C14H15ClN4O/c15-10-3-4-12-9(5-10)6-11(20-12)7-19-13(8-1-2-8)14(16)17-18-19/h3-5,8,11H,1-2,6-7,16H2. The first-order valence-electron chi connectivity index (χ1n) is 6.84. The lowest BCUT2D eigenvalue weighted by atomic mass is 10.1. The molecular weight excluding hydrogens is 276 g/mol. The van der Waals surface area contributed by atoms with Crippen LogP contribution in [-0.4, -0.2) is 21.1 Å². The lowest BCUT2D eigenvalue weighted by molar-refractivity contribution is 0.200. The molecule has 104 valence electrons. The van der Waals surface area contributed by atoms with E-state index in [4.69, 9.17) is 22.1 Å². The Labute approximate surface area is 121 Å². The summed E-state index contributed by atoms with van der Waals surface area (Å²) < 4.78 is 7.85. The lowest BCUT2D eigenvalue weighted by Gasteiger charge is -2.12. The maximum absolute atomic E-state index is 6.01. The second-order valence-corrected chi connectivity index (χ2v) is 5.95. The largest absolute Gasteiger partial charge is 0.488 e. The van der Waals surface area contributed by atoms with Gasteiger partial charge in [-0.05, 0) is 36.6 Å². The van der Waals surface area contributed by atoms with E-state index in [0.29, 0.717) is 18.3 Å². The van der Waals surface area contributed by atoms with Gasteiger partial charge in [0.15, 0.2) is 5.82 Å². The van der Waals surface area contributed by atoms with Crippen LogP contribution in [0.4, 0.5) is 5.82 Å². The number of fused-ring (bicyclic) bond motifs is 1. The second kappa shape index (κ2) is 4.38. The normalized spacial score (nSPS) is 20.8. The van der Waals surface area contributed by atoms with Crippen LogP contribution in [0.5, 0.6) is 5.75 Å². The summed E-state index contributed by atoms with van der Waals surface area (Å²) in [5.41, 5.74) is 8.14. The van der Waals surface area contributed by atoms with Gasteiger partial charge >= 0.3 is 0 Å². The van der Waals surface area contributed by atoms with Crippen LogP contribution in [0.25, 0.3) is 0 Å². The number of nitrogen functional groups attached to an aromatic ring is 1. The Morgan fingerprint density at radius 3 is 3.05 bits per heavy atom. The molecule has 2 aromatic rings. The summed E-state index contributed by atoms with van der Waals surface area (Å²) in [6, 6.07) is 5.75. The first-order chi connectivity index (χ1) is 9.70. The van der Waals surface area contributed by atoms with Crippen molar-refractivity contribution in [1.29, 1.82) is 0 Å². The Balaban J connectivity index is 1.54. The van der Waals surface area contributed by atoms with Crippen molar-refractivity contribution in [3.05, 3.63) is 34.5 Å². The molecule has 1 aliphatic heterocycles. The monoisotopic (exact) mass is 290 g/mol. The third-order valence-corrected chi connectivity index (χ3v) is 4.14. The van der Waals surface area contributed by atoms with Crippen LogP contribution in [0.3, 0.4) is 0 Å². The van der Waals surface area contributed by atoms with Gasteiger partial charge in [-0.25, -0.2) is 4.68 Å². The Kier molecular flexibility index (Phi) is 2.63. The first-order valence-corrected chi connectivity index (χ1v) is 7.22. The predicted octanol–water partition coefficient (Wildman–Crippen LogP) is 2.39. The fourth-order valence-electron chi connectivity index (χ4n) is 2.83. The average molecular weight is 291 g/mol. The van der Waals surface area contributed by atoms with Crippen molar-refractivity contribution in [2.45, 2.75) is 37.8 Å². The maximum atomic E-state index is 6.01. The summed E-state index contributed by atoms with van der Waals surface area (Å²) in [6.45, 7) is 0.683. The minimum Gasteiger partial charge on any atom is -0.488 e. The molecular formula is C14H15ClN4O. The van der Waals surface area contributed by atoms with E-state index >= 15 is 0 Å². The van der Waals surface area contributed by atoms with E-state index in [0.717, 1.165) is 28.5 Å². The van der Waals surface area contributed by atoms with Gasteiger partial charge in [0.1, 0.15) is 11.9 Å². The molecule has 1 saturated carbocycles. The third kappa shape index (κ3) is 2.02. The lowest BCUT2D eigenvalue weighted by Crippen LogP contribution is -2.23. The highest BCUT2D eigenvalue weighted by Crippen LogP contribution is 2.42. The number of hydrogen-bond donors (Lipinski definition) is 1. The van der Waals surface area contributed by atoms with Crippen molar-refractivity contribution in [2.24, 2.45) is 0 Å². The van der Waals surface area contributed by atoms with Crippen LogP contribution in [0.15, 0.2) is 18.2 Å². The van der Waals surface area contributed by atoms with Crippen LogP contribution in [0.2, 0.25) is 5.02 Å². The molecule has 2 heterocycles. The second-order valence-electron chi connectivity index (χ2n) is 5.51. The number of rotatable bonds is 3. The number of anilines is 1. The molecule has 1 unspecified atom stereocenters. The summed E-state index contributed by atoms with van der Waals surface area (Å²) in [6.07, 6.45) is 3.28. The summed E-state index contributed by atoms with van der Waals surface area (Å²) in [5, 5.41) is 8.90. The quantitative estimate of drug-likeness (QED) is 0.942. The molecule has 0 spiro atoms. The number of halogens is 1. The van der Waals surface area contributed by atoms with Crippen molar-refractivity contribution in [3.8, 4) is 5.75 Å². The van der Waals surface area contributed by atoms with E-state index in [9.17, 15) is 0 Å². The predicted molar refractivity (Wildman–Crippen MR) is 76.0 cm³/mol. The SMILES string of the molecule is Nc1nnn(CC2Cc3cc(Cl)ccc3O2)c1C1CC1. The van der Waals surface area contributed by atoms with Gasteiger partial charge < -0.3 is 10.5 Å². The zero-order valence-corrected chi connectivity index (χ0v) is 11.7. The van der Waals surface area contributed by atoms with Gasteiger partial charge in [-0.1, -0.05) is 16.8 Å². The fraction of sp³-hybridized carbons (Fsp3) is 0.429. The van der Waals surface area contributed by atoms with E-state index in [1.54, 1.807) is 0 Å². The third-order valence-electron chi connectivity index (χ3n) is 3.91. The van der Waals surface area contributed by atoms with E-state index in [1.165, 1.54) is 12.8 Å². The zero-order valence-electron chi connectivity index (χ0n) is 10.9. The van der Waals surface area contributed by atoms with Crippen molar-refractivity contribution in [1.82, 2.24) is 15.0 Å². The van der Waals surface area contributed by atoms with Gasteiger partial charge in [-0.3, -0.25) is 0 Å². The van der Waals surface area contributed by atoms with Crippen LogP contribution >= 0.6 is 11.6 Å². The van der Waals surface area contributed by atoms with Gasteiger partial charge in [0.25, 0.3) is 0 Å². The first kappa shape index (κ1) is 12.0. The number of nitrogens with zero attached hydrogens (tertiary/aromatic N) is 3. The molecule has 0 amide bonds. The molecule has 1 aromatic carbocycles. The molecule has 2 N–H and O–H groups in total. The molecule has 0 bridgehead atoms. The molecule has 20 heavy (non-hydrogen) atoms. The molecule has 0 saturated heterocycles. The van der Waals surface area contributed by atoms with Gasteiger partial charge in [-0.2, -0.15) is 0 Å². The van der Waals surface area contributed by atoms with Gasteiger partial charge in [-0.15, -0.1) is 5.10 Å². The minimum absolute atomic E-state index is 0.0714. The number of ether oxygens (including phenoxy) is 1. The molecule has 0 radical (unpaired) electrons. The highest BCUT2D eigenvalue weighted by atomic mass is 35.5. The molecule has 2 aliphatic rings. The number of nitrogens with two attached hydrogens (primary N) is 1. The fourth-order valence-corrected chi connectivity index (χ4v) is 3.02. The van der Waals surface area contributed by atoms with Crippen molar-refractivity contribution in [3.63, 3.8) is 0 Å². The van der Waals surface area contributed by atoms with E-state index in [1.807, 2.05) is 22.9 Å². The zero-order chi connectivity index (χ0) is 13.7. The molecule has 1 aromatic heterocycles. The summed E-state index contributed by atoms with van der Waals surface area (Å²) in [4.78, 5) is 0. The Bertz CT molecular complexity index is 665. The van der Waals surface area contributed by atoms with Crippen LogP contribution in [0, 0.1) is 0 Å². The van der Waals surface area contributed by atoms with Crippen molar-refractivity contribution in [2.75, 3.05) is 5.73 Å². The summed E-state index contributed by atoms with van der Waals surface area (Å²) >= 11 is 6.01. The summed E-state index contributed by atoms with van der Waals surface area (Å²) in [7, 11) is 0. The minimum atomic E-state index is 0.0714. The van der Waals surface area contributed by atoms with E-state index in [-0.39, 0.29) is 6.10 Å². The molecule has 1 fully saturated rings. The number of aromatic nitrogens is 3. The maximum Gasteiger partial charge on any atom is 0.169 e. The molecule has 4 rings (SSSR count). The van der Waals surface area contributed by atoms with E-state index < -0.39 is 0 Å². The Morgan fingerprint density at radius 1 is 1.40 bits per heavy atom. The van der Waals surface area contributed by atoms with Crippen molar-refractivity contribution >= 4 is 17.4 Å². The molecule has 5 nitrogen and oxygen atoms in total. The molecule has 1 aliphatic carbocycles. The van der Waals surface area contributed by atoms with Gasteiger partial charge in [0, 0.05) is 17.4 Å².